The molecule has 4 nitrogen and oxygen atoms in total. The predicted octanol–water partition coefficient (Wildman–Crippen LogP) is 3.39. The monoisotopic (exact) mass is 379 g/mol. The highest BCUT2D eigenvalue weighted by Gasteiger charge is 2.11. The fourth-order valence-electron chi connectivity index (χ4n) is 2.32. The molecule has 0 saturated heterocycles. The molecule has 140 valence electrons. The first-order chi connectivity index (χ1) is 12.5. The van der Waals surface area contributed by atoms with Crippen molar-refractivity contribution in [3.8, 4) is 0 Å². The Kier molecular flexibility index (Phi) is 7.72. The first-order valence-electron chi connectivity index (χ1n) is 8.44. The standard InChI is InChI=1S/C19H23F2N3OS/c1-3-22-19(23-11-12-26(25)16-7-5-4-6-8-16)24-14(2)15-9-10-17(20)18(21)13-15/h4-10,13-14H,3,11-12H2,1-2H3,(H2,22,23,24). The Morgan fingerprint density at radius 3 is 2.54 bits per heavy atom. The molecular weight excluding hydrogens is 356 g/mol. The summed E-state index contributed by atoms with van der Waals surface area (Å²) in [4.78, 5) is 5.19. The highest BCUT2D eigenvalue weighted by atomic mass is 32.2. The van der Waals surface area contributed by atoms with Gasteiger partial charge in [0.2, 0.25) is 0 Å². The maximum absolute atomic E-state index is 13.4. The summed E-state index contributed by atoms with van der Waals surface area (Å²) in [5.74, 6) is -0.809. The molecule has 0 saturated carbocycles. The minimum absolute atomic E-state index is 0.262. The molecule has 2 atom stereocenters. The molecule has 0 aromatic heterocycles. The SMILES string of the molecule is CCNC(=NCCS(=O)c1ccccc1)NC(C)c1ccc(F)c(F)c1. The molecular formula is C19H23F2N3OS. The lowest BCUT2D eigenvalue weighted by Crippen LogP contribution is -2.39. The molecule has 0 fully saturated rings. The van der Waals surface area contributed by atoms with Crippen LogP contribution in [-0.2, 0) is 10.8 Å². The van der Waals surface area contributed by atoms with Crippen molar-refractivity contribution in [3.63, 3.8) is 0 Å². The second-order valence-corrected chi connectivity index (χ2v) is 7.23. The van der Waals surface area contributed by atoms with E-state index in [1.165, 1.54) is 12.1 Å². The van der Waals surface area contributed by atoms with Gasteiger partial charge in [0, 0.05) is 17.2 Å². The topological polar surface area (TPSA) is 53.5 Å². The van der Waals surface area contributed by atoms with Gasteiger partial charge in [-0.3, -0.25) is 9.20 Å². The molecule has 2 N–H and O–H groups in total. The van der Waals surface area contributed by atoms with Gasteiger partial charge >= 0.3 is 0 Å². The molecule has 2 aromatic rings. The highest BCUT2D eigenvalue weighted by Crippen LogP contribution is 2.15. The summed E-state index contributed by atoms with van der Waals surface area (Å²) in [6, 6.07) is 12.8. The molecule has 0 aliphatic heterocycles. The zero-order valence-corrected chi connectivity index (χ0v) is 15.7. The number of guanidine groups is 1. The Morgan fingerprint density at radius 1 is 1.15 bits per heavy atom. The highest BCUT2D eigenvalue weighted by molar-refractivity contribution is 7.85. The Labute approximate surface area is 155 Å². The molecule has 2 rings (SSSR count). The molecule has 0 amide bonds. The predicted molar refractivity (Wildman–Crippen MR) is 102 cm³/mol. The summed E-state index contributed by atoms with van der Waals surface area (Å²) in [7, 11) is -1.11. The van der Waals surface area contributed by atoms with Crippen molar-refractivity contribution in [1.82, 2.24) is 10.6 Å². The number of aliphatic imine (C=N–C) groups is 1. The largest absolute Gasteiger partial charge is 0.357 e. The molecule has 0 aliphatic carbocycles. The van der Waals surface area contributed by atoms with Crippen LogP contribution in [0.1, 0.15) is 25.5 Å². The maximum atomic E-state index is 13.4. The van der Waals surface area contributed by atoms with Gasteiger partial charge in [0.1, 0.15) is 0 Å². The molecule has 0 aliphatic rings. The third-order valence-corrected chi connectivity index (χ3v) is 5.05. The van der Waals surface area contributed by atoms with Gasteiger partial charge in [-0.25, -0.2) is 8.78 Å². The van der Waals surface area contributed by atoms with E-state index in [0.717, 1.165) is 11.0 Å². The van der Waals surface area contributed by atoms with E-state index < -0.39 is 22.4 Å². The van der Waals surface area contributed by atoms with Gasteiger partial charge in [-0.15, -0.1) is 0 Å². The zero-order valence-electron chi connectivity index (χ0n) is 14.8. The molecule has 0 heterocycles. The van der Waals surface area contributed by atoms with Gasteiger partial charge < -0.3 is 10.6 Å². The summed E-state index contributed by atoms with van der Waals surface area (Å²) >= 11 is 0. The van der Waals surface area contributed by atoms with Crippen LogP contribution in [-0.4, -0.2) is 29.0 Å². The second-order valence-electron chi connectivity index (χ2n) is 5.66. The van der Waals surface area contributed by atoms with Crippen LogP contribution >= 0.6 is 0 Å². The van der Waals surface area contributed by atoms with E-state index in [1.54, 1.807) is 0 Å². The fraction of sp³-hybridized carbons (Fsp3) is 0.316. The summed E-state index contributed by atoms with van der Waals surface area (Å²) in [5, 5.41) is 6.24. The molecule has 0 spiro atoms. The van der Waals surface area contributed by atoms with Gasteiger partial charge in [0.05, 0.1) is 23.4 Å². The van der Waals surface area contributed by atoms with Crippen molar-refractivity contribution in [3.05, 3.63) is 65.7 Å². The van der Waals surface area contributed by atoms with Crippen molar-refractivity contribution < 1.29 is 13.0 Å². The lowest BCUT2D eigenvalue weighted by atomic mass is 10.1. The lowest BCUT2D eigenvalue weighted by Gasteiger charge is -2.18. The third-order valence-electron chi connectivity index (χ3n) is 3.69. The van der Waals surface area contributed by atoms with Gasteiger partial charge in [0.15, 0.2) is 17.6 Å². The van der Waals surface area contributed by atoms with Crippen LogP contribution in [0, 0.1) is 11.6 Å². The Morgan fingerprint density at radius 2 is 1.88 bits per heavy atom. The summed E-state index contributed by atoms with van der Waals surface area (Å²) in [5.41, 5.74) is 0.613. The average molecular weight is 379 g/mol. The number of benzene rings is 2. The summed E-state index contributed by atoms with van der Waals surface area (Å²) in [6.07, 6.45) is 0. The normalized spacial score (nSPS) is 13.9. The molecule has 7 heteroatoms. The lowest BCUT2D eigenvalue weighted by molar-refractivity contribution is 0.504. The average Bonchev–Trinajstić information content (AvgIpc) is 2.64. The number of hydrogen-bond donors (Lipinski definition) is 2. The quantitative estimate of drug-likeness (QED) is 0.573. The van der Waals surface area contributed by atoms with Crippen LogP contribution in [0.3, 0.4) is 0 Å². The van der Waals surface area contributed by atoms with E-state index in [2.05, 4.69) is 15.6 Å². The van der Waals surface area contributed by atoms with E-state index in [0.29, 0.717) is 30.4 Å². The van der Waals surface area contributed by atoms with Crippen LogP contribution in [0.25, 0.3) is 0 Å². The van der Waals surface area contributed by atoms with Gasteiger partial charge in [0.25, 0.3) is 0 Å². The Bertz CT molecular complexity index is 769. The van der Waals surface area contributed by atoms with Crippen LogP contribution in [0.15, 0.2) is 58.4 Å². The van der Waals surface area contributed by atoms with Gasteiger partial charge in [-0.2, -0.15) is 0 Å². The number of rotatable bonds is 7. The number of nitrogens with one attached hydrogen (secondary N) is 2. The first kappa shape index (κ1) is 20.0. The molecule has 2 aromatic carbocycles. The molecule has 2 unspecified atom stereocenters. The van der Waals surface area contributed by atoms with E-state index in [-0.39, 0.29) is 6.04 Å². The van der Waals surface area contributed by atoms with Gasteiger partial charge in [-0.05, 0) is 43.7 Å². The zero-order chi connectivity index (χ0) is 18.9. The van der Waals surface area contributed by atoms with E-state index in [1.807, 2.05) is 44.2 Å². The van der Waals surface area contributed by atoms with Crippen LogP contribution < -0.4 is 10.6 Å². The minimum Gasteiger partial charge on any atom is -0.357 e. The summed E-state index contributed by atoms with van der Waals surface area (Å²) in [6.45, 7) is 4.79. The fourth-order valence-corrected chi connectivity index (χ4v) is 3.27. The minimum atomic E-state index is -1.11. The van der Waals surface area contributed by atoms with Crippen molar-refractivity contribution in [2.75, 3.05) is 18.8 Å². The number of hydrogen-bond acceptors (Lipinski definition) is 2. The third kappa shape index (κ3) is 5.91. The van der Waals surface area contributed by atoms with Crippen molar-refractivity contribution >= 4 is 16.8 Å². The molecule has 0 radical (unpaired) electrons. The smallest absolute Gasteiger partial charge is 0.191 e. The molecule has 0 bridgehead atoms. The second kappa shape index (κ2) is 10.0. The number of halogens is 2. The van der Waals surface area contributed by atoms with E-state index >= 15 is 0 Å². The van der Waals surface area contributed by atoms with Crippen LogP contribution in [0.5, 0.6) is 0 Å². The van der Waals surface area contributed by atoms with Crippen molar-refractivity contribution in [2.45, 2.75) is 24.8 Å². The Hall–Kier alpha value is -2.28. The Balaban J connectivity index is 1.97. The van der Waals surface area contributed by atoms with Gasteiger partial charge in [-0.1, -0.05) is 24.3 Å². The van der Waals surface area contributed by atoms with Crippen LogP contribution in [0.2, 0.25) is 0 Å². The maximum Gasteiger partial charge on any atom is 0.191 e. The van der Waals surface area contributed by atoms with E-state index in [9.17, 15) is 13.0 Å². The summed E-state index contributed by atoms with van der Waals surface area (Å²) < 4.78 is 38.7. The first-order valence-corrected chi connectivity index (χ1v) is 9.76. The van der Waals surface area contributed by atoms with Crippen LogP contribution in [0.4, 0.5) is 8.78 Å². The molecule has 26 heavy (non-hydrogen) atoms. The van der Waals surface area contributed by atoms with Crippen molar-refractivity contribution in [2.24, 2.45) is 4.99 Å². The van der Waals surface area contributed by atoms with Crippen molar-refractivity contribution in [1.29, 1.82) is 0 Å². The number of nitrogens with zero attached hydrogens (tertiary/aromatic N) is 1. The van der Waals surface area contributed by atoms with E-state index in [4.69, 9.17) is 0 Å².